The molecule has 0 aliphatic rings. The van der Waals surface area contributed by atoms with Crippen molar-refractivity contribution in [2.45, 2.75) is 11.2 Å². The predicted octanol–water partition coefficient (Wildman–Crippen LogP) is 5.28. The second-order valence-corrected chi connectivity index (χ2v) is 6.21. The van der Waals surface area contributed by atoms with Gasteiger partial charge >= 0.3 is 0 Å². The summed E-state index contributed by atoms with van der Waals surface area (Å²) in [6, 6.07) is 12.8. The molecule has 0 aliphatic heterocycles. The first-order valence-electron chi connectivity index (χ1n) is 5.82. The molecule has 0 saturated heterocycles. The number of para-hydroxylation sites is 1. The SMILES string of the molecule is COc1ccccc1CC(Br)c1cc(F)cc(Br)c1. The lowest BCUT2D eigenvalue weighted by Gasteiger charge is -2.13. The molecule has 0 bridgehead atoms. The summed E-state index contributed by atoms with van der Waals surface area (Å²) in [6.45, 7) is 0. The van der Waals surface area contributed by atoms with E-state index in [9.17, 15) is 4.39 Å². The highest BCUT2D eigenvalue weighted by Crippen LogP contribution is 2.32. The van der Waals surface area contributed by atoms with Crippen LogP contribution in [0.2, 0.25) is 0 Å². The molecule has 0 amide bonds. The predicted molar refractivity (Wildman–Crippen MR) is 82.5 cm³/mol. The number of hydrogen-bond acceptors (Lipinski definition) is 1. The van der Waals surface area contributed by atoms with Crippen molar-refractivity contribution in [3.63, 3.8) is 0 Å². The maximum atomic E-state index is 13.4. The molecule has 0 fully saturated rings. The van der Waals surface area contributed by atoms with Gasteiger partial charge in [-0.3, -0.25) is 0 Å². The molecule has 0 N–H and O–H groups in total. The van der Waals surface area contributed by atoms with Crippen molar-refractivity contribution in [2.75, 3.05) is 7.11 Å². The smallest absolute Gasteiger partial charge is 0.124 e. The largest absolute Gasteiger partial charge is 0.496 e. The van der Waals surface area contributed by atoms with Gasteiger partial charge in [0.15, 0.2) is 0 Å². The Morgan fingerprint density at radius 3 is 2.63 bits per heavy atom. The van der Waals surface area contributed by atoms with Crippen LogP contribution in [0.15, 0.2) is 46.9 Å². The Kier molecular flexibility index (Phi) is 4.99. The van der Waals surface area contributed by atoms with E-state index in [0.717, 1.165) is 27.8 Å². The van der Waals surface area contributed by atoms with E-state index >= 15 is 0 Å². The van der Waals surface area contributed by atoms with Crippen LogP contribution in [0.1, 0.15) is 16.0 Å². The highest BCUT2D eigenvalue weighted by atomic mass is 79.9. The van der Waals surface area contributed by atoms with E-state index in [1.807, 2.05) is 30.3 Å². The minimum atomic E-state index is -0.242. The van der Waals surface area contributed by atoms with Crippen molar-refractivity contribution in [3.05, 3.63) is 63.9 Å². The molecular weight excluding hydrogens is 375 g/mol. The molecule has 100 valence electrons. The van der Waals surface area contributed by atoms with Gasteiger partial charge in [-0.25, -0.2) is 4.39 Å². The van der Waals surface area contributed by atoms with Gasteiger partial charge in [0.1, 0.15) is 11.6 Å². The first kappa shape index (κ1) is 14.5. The molecule has 0 aromatic heterocycles. The van der Waals surface area contributed by atoms with Gasteiger partial charge in [-0.05, 0) is 41.8 Å². The number of hydrogen-bond donors (Lipinski definition) is 0. The zero-order chi connectivity index (χ0) is 13.8. The average Bonchev–Trinajstić information content (AvgIpc) is 2.38. The van der Waals surface area contributed by atoms with Gasteiger partial charge in [-0.15, -0.1) is 0 Å². The van der Waals surface area contributed by atoms with E-state index in [1.54, 1.807) is 13.2 Å². The van der Waals surface area contributed by atoms with E-state index in [-0.39, 0.29) is 10.6 Å². The van der Waals surface area contributed by atoms with E-state index in [0.29, 0.717) is 0 Å². The maximum absolute atomic E-state index is 13.4. The molecule has 1 unspecified atom stereocenters. The van der Waals surface area contributed by atoms with Crippen molar-refractivity contribution in [3.8, 4) is 5.75 Å². The van der Waals surface area contributed by atoms with Crippen LogP contribution in [0.4, 0.5) is 4.39 Å². The number of methoxy groups -OCH3 is 1. The van der Waals surface area contributed by atoms with Gasteiger partial charge in [-0.1, -0.05) is 50.1 Å². The number of alkyl halides is 1. The normalized spacial score (nSPS) is 12.2. The Labute approximate surface area is 129 Å². The Morgan fingerprint density at radius 2 is 1.95 bits per heavy atom. The summed E-state index contributed by atoms with van der Waals surface area (Å²) in [5.41, 5.74) is 1.99. The van der Waals surface area contributed by atoms with E-state index < -0.39 is 0 Å². The van der Waals surface area contributed by atoms with Gasteiger partial charge in [0.2, 0.25) is 0 Å². The molecule has 0 aliphatic carbocycles. The minimum Gasteiger partial charge on any atom is -0.496 e. The second kappa shape index (κ2) is 6.53. The van der Waals surface area contributed by atoms with Crippen molar-refractivity contribution >= 4 is 31.9 Å². The second-order valence-electron chi connectivity index (χ2n) is 4.19. The van der Waals surface area contributed by atoms with Crippen LogP contribution in [-0.2, 0) is 6.42 Å². The molecule has 0 saturated carbocycles. The molecule has 0 heterocycles. The molecule has 19 heavy (non-hydrogen) atoms. The zero-order valence-electron chi connectivity index (χ0n) is 10.4. The number of rotatable bonds is 4. The Hall–Kier alpha value is -0.870. The van der Waals surface area contributed by atoms with Crippen molar-refractivity contribution in [2.24, 2.45) is 0 Å². The van der Waals surface area contributed by atoms with Crippen molar-refractivity contribution in [1.82, 2.24) is 0 Å². The summed E-state index contributed by atoms with van der Waals surface area (Å²) < 4.78 is 19.5. The molecule has 2 rings (SSSR count). The quantitative estimate of drug-likeness (QED) is 0.649. The summed E-state index contributed by atoms with van der Waals surface area (Å²) in [7, 11) is 1.65. The van der Waals surface area contributed by atoms with Crippen LogP contribution in [0.25, 0.3) is 0 Å². The molecule has 1 atom stereocenters. The van der Waals surface area contributed by atoms with Crippen molar-refractivity contribution < 1.29 is 9.13 Å². The standard InChI is InChI=1S/C15H13Br2FO/c1-19-15-5-3-2-4-10(15)8-14(17)11-6-12(16)9-13(18)7-11/h2-7,9,14H,8H2,1H3. The van der Waals surface area contributed by atoms with Gasteiger partial charge in [0.05, 0.1) is 7.11 Å². The molecule has 0 spiro atoms. The van der Waals surface area contributed by atoms with Gasteiger partial charge in [-0.2, -0.15) is 0 Å². The van der Waals surface area contributed by atoms with Gasteiger partial charge in [0, 0.05) is 9.30 Å². The van der Waals surface area contributed by atoms with Crippen LogP contribution in [0, 0.1) is 5.82 Å². The summed E-state index contributed by atoms with van der Waals surface area (Å²) in [5, 5.41) is 0. The van der Waals surface area contributed by atoms with Gasteiger partial charge < -0.3 is 4.74 Å². The van der Waals surface area contributed by atoms with Crippen LogP contribution in [0.5, 0.6) is 5.75 Å². The number of halogens is 3. The van der Waals surface area contributed by atoms with E-state index in [1.165, 1.54) is 6.07 Å². The van der Waals surface area contributed by atoms with Crippen LogP contribution >= 0.6 is 31.9 Å². The average molecular weight is 388 g/mol. The molecule has 4 heteroatoms. The fourth-order valence-corrected chi connectivity index (χ4v) is 3.03. The Morgan fingerprint density at radius 1 is 1.21 bits per heavy atom. The molecule has 2 aromatic rings. The molecule has 1 nitrogen and oxygen atoms in total. The van der Waals surface area contributed by atoms with E-state index in [4.69, 9.17) is 4.74 Å². The maximum Gasteiger partial charge on any atom is 0.124 e. The van der Waals surface area contributed by atoms with E-state index in [2.05, 4.69) is 31.9 Å². The summed E-state index contributed by atoms with van der Waals surface area (Å²) in [6.07, 6.45) is 0.736. The van der Waals surface area contributed by atoms with Crippen LogP contribution in [-0.4, -0.2) is 7.11 Å². The lowest BCUT2D eigenvalue weighted by molar-refractivity contribution is 0.409. The zero-order valence-corrected chi connectivity index (χ0v) is 13.5. The summed E-state index contributed by atoms with van der Waals surface area (Å²) in [5.74, 6) is 0.608. The summed E-state index contributed by atoms with van der Waals surface area (Å²) in [4.78, 5) is 0.0378. The van der Waals surface area contributed by atoms with Crippen molar-refractivity contribution in [1.29, 1.82) is 0 Å². The number of ether oxygens (including phenoxy) is 1. The third kappa shape index (κ3) is 3.80. The monoisotopic (exact) mass is 386 g/mol. The number of benzene rings is 2. The third-order valence-electron chi connectivity index (χ3n) is 2.84. The molecular formula is C15H13Br2FO. The molecule has 0 radical (unpaired) electrons. The minimum absolute atomic E-state index is 0.0378. The van der Waals surface area contributed by atoms with Gasteiger partial charge in [0.25, 0.3) is 0 Å². The topological polar surface area (TPSA) is 9.23 Å². The van der Waals surface area contributed by atoms with Crippen LogP contribution < -0.4 is 4.74 Å². The lowest BCUT2D eigenvalue weighted by atomic mass is 10.0. The lowest BCUT2D eigenvalue weighted by Crippen LogP contribution is -1.99. The van der Waals surface area contributed by atoms with Crippen LogP contribution in [0.3, 0.4) is 0 Å². The fourth-order valence-electron chi connectivity index (χ4n) is 1.94. The first-order chi connectivity index (χ1) is 9.10. The highest BCUT2D eigenvalue weighted by molar-refractivity contribution is 9.10. The fraction of sp³-hybridized carbons (Fsp3) is 0.200. The first-order valence-corrected chi connectivity index (χ1v) is 7.53. The highest BCUT2D eigenvalue weighted by Gasteiger charge is 2.13. The Bertz CT molecular complexity index is 552. The Balaban J connectivity index is 2.22. The third-order valence-corrected chi connectivity index (χ3v) is 4.15. The summed E-state index contributed by atoms with van der Waals surface area (Å²) >= 11 is 6.92. The molecule has 2 aromatic carbocycles.